The smallest absolute Gasteiger partial charge is 0.321 e. The number of hydrogen-bond donors (Lipinski definition) is 2. The molecular formula is C55H72N4O6. The molecule has 10 heteroatoms. The molecule has 0 spiro atoms. The topological polar surface area (TPSA) is 139 Å². The van der Waals surface area contributed by atoms with Crippen LogP contribution in [0.4, 0.5) is 0 Å². The molecule has 348 valence electrons. The summed E-state index contributed by atoms with van der Waals surface area (Å²) in [7, 11) is 1.29. The third-order valence-corrected chi connectivity index (χ3v) is 14.2. The molecule has 65 heavy (non-hydrogen) atoms. The number of ketones is 1. The Bertz CT molecular complexity index is 2350. The molecule has 0 radical (unpaired) electrons. The maximum atomic E-state index is 14.4. The zero-order valence-electron chi connectivity index (χ0n) is 40.7. The summed E-state index contributed by atoms with van der Waals surface area (Å²) < 4.78 is 11.0. The van der Waals surface area contributed by atoms with Gasteiger partial charge in [-0.1, -0.05) is 105 Å². The van der Waals surface area contributed by atoms with E-state index in [1.165, 1.54) is 57.6 Å². The molecule has 10 nitrogen and oxygen atoms in total. The van der Waals surface area contributed by atoms with Crippen LogP contribution < -0.4 is 5.32 Å². The van der Waals surface area contributed by atoms with Gasteiger partial charge in [-0.25, -0.2) is 15.0 Å². The number of carbonyl (C=O) groups is 3. The lowest BCUT2D eigenvalue weighted by Gasteiger charge is -2.19. The molecule has 2 N–H and O–H groups in total. The number of rotatable bonds is 20. The Hall–Kier alpha value is -5.38. The summed E-state index contributed by atoms with van der Waals surface area (Å²) in [5, 5.41) is 14.1. The number of aliphatic imine (C=N–C) groups is 3. The molecule has 0 aromatic carbocycles. The summed E-state index contributed by atoms with van der Waals surface area (Å²) in [4.78, 5) is 56.5. The molecule has 5 atom stereocenters. The quantitative estimate of drug-likeness (QED) is 0.0537. The third-order valence-electron chi connectivity index (χ3n) is 14.2. The number of aliphatic hydroxyl groups is 1. The number of carbonyl (C=O) groups excluding carboxylic acids is 3. The molecule has 5 heterocycles. The predicted octanol–water partition coefficient (Wildman–Crippen LogP) is 12.1. The van der Waals surface area contributed by atoms with Crippen LogP contribution >= 0.6 is 0 Å². The number of allylic oxidation sites excluding steroid dienone is 12. The van der Waals surface area contributed by atoms with Gasteiger partial charge in [-0.2, -0.15) is 0 Å². The molecule has 1 saturated carbocycles. The van der Waals surface area contributed by atoms with Gasteiger partial charge in [0.1, 0.15) is 12.5 Å². The van der Waals surface area contributed by atoms with E-state index in [1.54, 1.807) is 6.08 Å². The van der Waals surface area contributed by atoms with E-state index in [-0.39, 0.29) is 36.6 Å². The fourth-order valence-corrected chi connectivity index (χ4v) is 10.1. The number of Topliss-reactive ketones (excluding diaryl/α,β-unsaturated/α-hetero) is 1. The van der Waals surface area contributed by atoms with Crippen LogP contribution in [0.2, 0.25) is 0 Å². The Morgan fingerprint density at radius 3 is 2.25 bits per heavy atom. The highest BCUT2D eigenvalue weighted by Crippen LogP contribution is 2.47. The summed E-state index contributed by atoms with van der Waals surface area (Å²) in [6.45, 7) is 23.7. The Balaban J connectivity index is 1.21. The molecule has 8 bridgehead atoms. The summed E-state index contributed by atoms with van der Waals surface area (Å²) in [6, 6.07) is 0. The van der Waals surface area contributed by atoms with Gasteiger partial charge >= 0.3 is 11.9 Å². The van der Waals surface area contributed by atoms with Crippen molar-refractivity contribution in [2.75, 3.05) is 13.7 Å². The SMILES string of the molecule is C=CC1=C(C)C2=NC1=CC1=NC(=C(CC)C1=CO)C=C1N=C3C(=C1C)C(=O)C(C(=O)OC)C3=C1NC(=C2)[C@@H](C)[C@@H]1CCC(=O)OC/C=C(\C)CCC[C@@H](C)CCC[C@H](C)CCCC(C)C. The fourth-order valence-electron chi connectivity index (χ4n) is 10.1. The van der Waals surface area contributed by atoms with Gasteiger partial charge in [-0.3, -0.25) is 14.4 Å². The van der Waals surface area contributed by atoms with E-state index in [0.29, 0.717) is 81.0 Å². The van der Waals surface area contributed by atoms with Crippen LogP contribution in [0.25, 0.3) is 0 Å². The lowest BCUT2D eigenvalue weighted by atomic mass is 9.85. The third kappa shape index (κ3) is 10.8. The molecule has 0 aromatic heterocycles. The maximum Gasteiger partial charge on any atom is 0.321 e. The van der Waals surface area contributed by atoms with Crippen LogP contribution in [-0.2, 0) is 23.9 Å². The fraction of sp³-hybridized carbons (Fsp3) is 0.527. The number of hydrogen-bond acceptors (Lipinski definition) is 10. The van der Waals surface area contributed by atoms with Crippen molar-refractivity contribution >= 4 is 34.9 Å². The molecule has 1 unspecified atom stereocenters. The van der Waals surface area contributed by atoms with Gasteiger partial charge in [0.15, 0.2) is 5.78 Å². The maximum absolute atomic E-state index is 14.4. The van der Waals surface area contributed by atoms with E-state index in [4.69, 9.17) is 24.5 Å². The standard InChI is InChI=1S/C55H72N4O6/c1-12-38-35(8)42-27-43-36(9)40(23-24-48(61)65-26-25-34(7)22-16-21-33(6)20-15-19-32(5)18-14-17-31(3)4)52(58-43)50-51(55(63)64-11)54(62)49-37(10)44(59-53(49)50)28-46-39(13-2)41(30-60)47(57-46)29-45(38)56-42/h12,25,27-33,36,40,51,58,60H,1,13-24,26H2,2-11H3/b34-25+,41-30?,43-27?,44-28?,45-29?,52-50?/t32-,33+,36+,40+,51?/m1/s1. The van der Waals surface area contributed by atoms with Crippen LogP contribution in [0, 0.1) is 35.5 Å². The summed E-state index contributed by atoms with van der Waals surface area (Å²) in [5.41, 5.74) is 10.9. The number of methoxy groups -OCH3 is 1. The second kappa shape index (κ2) is 21.7. The van der Waals surface area contributed by atoms with Crippen molar-refractivity contribution in [2.45, 2.75) is 139 Å². The lowest BCUT2D eigenvalue weighted by Crippen LogP contribution is -2.26. The van der Waals surface area contributed by atoms with Gasteiger partial charge in [-0.15, -0.1) is 0 Å². The minimum absolute atomic E-state index is 0.139. The molecule has 6 rings (SSSR count). The highest BCUT2D eigenvalue weighted by Gasteiger charge is 2.52. The Kier molecular flexibility index (Phi) is 16.4. The van der Waals surface area contributed by atoms with Crippen molar-refractivity contribution in [3.63, 3.8) is 0 Å². The molecule has 0 amide bonds. The lowest BCUT2D eigenvalue weighted by molar-refractivity contribution is -0.146. The number of ether oxygens (including phenoxy) is 2. The largest absolute Gasteiger partial charge is 0.515 e. The number of fused-ring (bicyclic) bond motifs is 5. The van der Waals surface area contributed by atoms with Crippen LogP contribution in [-0.4, -0.2) is 53.7 Å². The minimum Gasteiger partial charge on any atom is -0.515 e. The van der Waals surface area contributed by atoms with Gasteiger partial charge < -0.3 is 19.9 Å². The van der Waals surface area contributed by atoms with E-state index in [1.807, 2.05) is 45.1 Å². The van der Waals surface area contributed by atoms with E-state index in [0.717, 1.165) is 53.4 Å². The van der Waals surface area contributed by atoms with E-state index in [9.17, 15) is 19.5 Å². The zero-order valence-corrected chi connectivity index (χ0v) is 40.7. The van der Waals surface area contributed by atoms with Crippen molar-refractivity contribution in [3.8, 4) is 0 Å². The van der Waals surface area contributed by atoms with Gasteiger partial charge in [0.2, 0.25) is 0 Å². The van der Waals surface area contributed by atoms with Crippen LogP contribution in [0.5, 0.6) is 0 Å². The van der Waals surface area contributed by atoms with E-state index >= 15 is 0 Å². The van der Waals surface area contributed by atoms with Gasteiger partial charge in [0, 0.05) is 51.9 Å². The first kappa shape index (κ1) is 49.1. The first-order chi connectivity index (χ1) is 31.1. The van der Waals surface area contributed by atoms with Crippen molar-refractivity contribution in [1.82, 2.24) is 5.32 Å². The van der Waals surface area contributed by atoms with Gasteiger partial charge in [0.05, 0.1) is 47.6 Å². The first-order valence-electron chi connectivity index (χ1n) is 24.1. The molecule has 6 aliphatic rings. The summed E-state index contributed by atoms with van der Waals surface area (Å²) in [6.07, 6.45) is 22.9. The molecule has 2 fully saturated rings. The molecule has 0 aromatic rings. The summed E-state index contributed by atoms with van der Waals surface area (Å²) in [5.74, 6) is -0.732. The number of esters is 2. The Morgan fingerprint density at radius 2 is 1.60 bits per heavy atom. The second-order valence-electron chi connectivity index (χ2n) is 19.4. The van der Waals surface area contributed by atoms with Gasteiger partial charge in [-0.05, 0) is 105 Å². The van der Waals surface area contributed by atoms with E-state index < -0.39 is 11.9 Å². The Labute approximate surface area is 387 Å². The van der Waals surface area contributed by atoms with Crippen molar-refractivity contribution in [3.05, 3.63) is 116 Å². The number of nitrogens with one attached hydrogen (secondary N) is 1. The van der Waals surface area contributed by atoms with Gasteiger partial charge in [0.25, 0.3) is 0 Å². The highest BCUT2D eigenvalue weighted by atomic mass is 16.5. The average Bonchev–Trinajstić information content (AvgIpc) is 4.02. The second-order valence-corrected chi connectivity index (χ2v) is 19.4. The monoisotopic (exact) mass is 885 g/mol. The van der Waals surface area contributed by atoms with Crippen molar-refractivity contribution in [2.24, 2.45) is 50.5 Å². The molecule has 1 saturated heterocycles. The molecule has 1 aliphatic carbocycles. The number of aliphatic hydroxyl groups excluding tert-OH is 1. The van der Waals surface area contributed by atoms with Crippen LogP contribution in [0.3, 0.4) is 0 Å². The number of nitrogens with zero attached hydrogens (tertiary/aromatic N) is 3. The zero-order chi connectivity index (χ0) is 47.1. The predicted molar refractivity (Wildman–Crippen MR) is 262 cm³/mol. The molecular weight excluding hydrogens is 813 g/mol. The summed E-state index contributed by atoms with van der Waals surface area (Å²) >= 11 is 0. The molecule has 5 aliphatic heterocycles. The highest BCUT2D eigenvalue weighted by molar-refractivity contribution is 6.42. The average molecular weight is 885 g/mol. The van der Waals surface area contributed by atoms with E-state index in [2.05, 4.69) is 53.4 Å². The van der Waals surface area contributed by atoms with Crippen LogP contribution in [0.15, 0.2) is 131 Å². The first-order valence-corrected chi connectivity index (χ1v) is 24.1. The van der Waals surface area contributed by atoms with Crippen LogP contribution in [0.1, 0.15) is 139 Å². The van der Waals surface area contributed by atoms with Crippen molar-refractivity contribution in [1.29, 1.82) is 0 Å². The normalized spacial score (nSPS) is 23.2. The van der Waals surface area contributed by atoms with Crippen molar-refractivity contribution < 1.29 is 29.0 Å². The minimum atomic E-state index is -1.23. The Morgan fingerprint density at radius 1 is 0.908 bits per heavy atom.